The van der Waals surface area contributed by atoms with Crippen LogP contribution in [0.4, 0.5) is 0 Å². The van der Waals surface area contributed by atoms with E-state index in [0.29, 0.717) is 19.7 Å². The van der Waals surface area contributed by atoms with Crippen LogP contribution in [0.2, 0.25) is 0 Å². The monoisotopic (exact) mass is 357 g/mol. The van der Waals surface area contributed by atoms with Crippen LogP contribution in [0.3, 0.4) is 0 Å². The molecule has 1 aliphatic heterocycles. The van der Waals surface area contributed by atoms with Crippen LogP contribution in [0.1, 0.15) is 26.7 Å². The minimum absolute atomic E-state index is 0.0676. The zero-order chi connectivity index (χ0) is 14.3. The normalized spacial score (nSPS) is 19.2. The summed E-state index contributed by atoms with van der Waals surface area (Å²) in [7, 11) is -3.18. The number of rotatable bonds is 8. The fourth-order valence-electron chi connectivity index (χ4n) is 2.01. The first-order valence-electron chi connectivity index (χ1n) is 6.72. The van der Waals surface area contributed by atoms with Gasteiger partial charge in [-0.15, -0.1) is 0 Å². The minimum Gasteiger partial charge on any atom is -0.378 e. The van der Waals surface area contributed by atoms with Gasteiger partial charge in [0.15, 0.2) is 0 Å². The average molecular weight is 358 g/mol. The lowest BCUT2D eigenvalue weighted by Gasteiger charge is -2.31. The lowest BCUT2D eigenvalue weighted by molar-refractivity contribution is 0.0306. The molecule has 1 aliphatic rings. The lowest BCUT2D eigenvalue weighted by Crippen LogP contribution is -2.42. The van der Waals surface area contributed by atoms with Gasteiger partial charge in [0.1, 0.15) is 0 Å². The fraction of sp³-hybridized carbons (Fsp3) is 1.00. The first-order chi connectivity index (χ1) is 8.95. The summed E-state index contributed by atoms with van der Waals surface area (Å²) >= 11 is 3.31. The molecule has 0 bridgehead atoms. The van der Waals surface area contributed by atoms with Gasteiger partial charge in [0.05, 0.1) is 31.2 Å². The summed E-state index contributed by atoms with van der Waals surface area (Å²) in [5.74, 6) is 0.0676. The van der Waals surface area contributed by atoms with Crippen LogP contribution >= 0.6 is 15.9 Å². The van der Waals surface area contributed by atoms with Crippen molar-refractivity contribution in [3.8, 4) is 0 Å². The Kier molecular flexibility index (Phi) is 7.83. The number of ether oxygens (including phenoxy) is 2. The third-order valence-corrected chi connectivity index (χ3v) is 5.18. The summed E-state index contributed by atoms with van der Waals surface area (Å²) in [5.41, 5.74) is 0. The second-order valence-corrected chi connectivity index (χ2v) is 7.78. The lowest BCUT2D eigenvalue weighted by atomic mass is 10.1. The summed E-state index contributed by atoms with van der Waals surface area (Å²) < 4.78 is 36.7. The Bertz CT molecular complexity index is 340. The van der Waals surface area contributed by atoms with E-state index in [1.807, 2.05) is 13.8 Å². The summed E-state index contributed by atoms with van der Waals surface area (Å²) in [6.07, 6.45) is 1.81. The molecule has 0 N–H and O–H groups in total. The van der Waals surface area contributed by atoms with Gasteiger partial charge in [-0.05, 0) is 26.7 Å². The van der Waals surface area contributed by atoms with Gasteiger partial charge in [-0.3, -0.25) is 0 Å². The third kappa shape index (κ3) is 6.53. The topological polar surface area (TPSA) is 55.8 Å². The molecule has 0 radical (unpaired) electrons. The van der Waals surface area contributed by atoms with Crippen LogP contribution in [0, 0.1) is 0 Å². The van der Waals surface area contributed by atoms with Crippen LogP contribution in [0.15, 0.2) is 0 Å². The number of nitrogens with zero attached hydrogens (tertiary/aromatic N) is 1. The largest absolute Gasteiger partial charge is 0.378 e. The highest BCUT2D eigenvalue weighted by atomic mass is 79.9. The van der Waals surface area contributed by atoms with Crippen LogP contribution < -0.4 is 0 Å². The highest BCUT2D eigenvalue weighted by Crippen LogP contribution is 2.17. The molecule has 114 valence electrons. The van der Waals surface area contributed by atoms with Crippen LogP contribution in [-0.4, -0.2) is 62.3 Å². The van der Waals surface area contributed by atoms with E-state index < -0.39 is 10.0 Å². The molecule has 0 aliphatic carbocycles. The summed E-state index contributed by atoms with van der Waals surface area (Å²) in [6, 6.07) is 0. The van der Waals surface area contributed by atoms with E-state index in [1.165, 1.54) is 0 Å². The number of sulfonamides is 1. The molecule has 1 heterocycles. The van der Waals surface area contributed by atoms with Crippen molar-refractivity contribution in [1.82, 2.24) is 4.31 Å². The van der Waals surface area contributed by atoms with Gasteiger partial charge >= 0.3 is 0 Å². The Balaban J connectivity index is 2.32. The van der Waals surface area contributed by atoms with Crippen LogP contribution in [0.5, 0.6) is 0 Å². The molecule has 0 aromatic rings. The molecular formula is C12H24BrNO4S. The standard InChI is InChI=1S/C12H24BrNO4S/c1-11(2)17-9-10-19(15,16)14-6-3-12(4-7-14)18-8-5-13/h11-12H,3-10H2,1-2H3. The van der Waals surface area contributed by atoms with Gasteiger partial charge in [-0.2, -0.15) is 0 Å². The van der Waals surface area contributed by atoms with Crippen molar-refractivity contribution in [3.05, 3.63) is 0 Å². The third-order valence-electron chi connectivity index (χ3n) is 3.02. The smallest absolute Gasteiger partial charge is 0.216 e. The zero-order valence-electron chi connectivity index (χ0n) is 11.7. The molecule has 0 saturated carbocycles. The van der Waals surface area contributed by atoms with E-state index in [1.54, 1.807) is 4.31 Å². The fourth-order valence-corrected chi connectivity index (χ4v) is 3.53. The Morgan fingerprint density at radius 2 is 1.89 bits per heavy atom. The molecule has 0 atom stereocenters. The van der Waals surface area contributed by atoms with Gasteiger partial charge in [-0.25, -0.2) is 12.7 Å². The number of halogens is 1. The van der Waals surface area contributed by atoms with Gasteiger partial charge < -0.3 is 9.47 Å². The maximum atomic E-state index is 12.1. The molecule has 0 aromatic heterocycles. The van der Waals surface area contributed by atoms with E-state index >= 15 is 0 Å². The van der Waals surface area contributed by atoms with E-state index in [0.717, 1.165) is 18.2 Å². The molecule has 0 unspecified atom stereocenters. The molecule has 0 aromatic carbocycles. The average Bonchev–Trinajstić information content (AvgIpc) is 2.36. The van der Waals surface area contributed by atoms with Crippen LogP contribution in [0.25, 0.3) is 0 Å². The Labute approximate surface area is 124 Å². The summed E-state index contributed by atoms with van der Waals surface area (Å²) in [4.78, 5) is 0. The second kappa shape index (κ2) is 8.56. The molecule has 1 fully saturated rings. The minimum atomic E-state index is -3.18. The Hall–Kier alpha value is 0.310. The second-order valence-electron chi connectivity index (χ2n) is 4.89. The van der Waals surface area contributed by atoms with E-state index in [-0.39, 0.29) is 24.6 Å². The van der Waals surface area contributed by atoms with E-state index in [9.17, 15) is 8.42 Å². The molecule has 7 heteroatoms. The molecule has 0 amide bonds. The maximum Gasteiger partial charge on any atom is 0.216 e. The van der Waals surface area contributed by atoms with Crippen molar-refractivity contribution in [2.75, 3.05) is 37.4 Å². The van der Waals surface area contributed by atoms with Gasteiger partial charge in [0.2, 0.25) is 10.0 Å². The number of piperidine rings is 1. The quantitative estimate of drug-likeness (QED) is 0.619. The first-order valence-corrected chi connectivity index (χ1v) is 9.45. The van der Waals surface area contributed by atoms with Crippen molar-refractivity contribution in [3.63, 3.8) is 0 Å². The molecular weight excluding hydrogens is 334 g/mol. The SMILES string of the molecule is CC(C)OCCS(=O)(=O)N1CCC(OCCBr)CC1. The summed E-state index contributed by atoms with van der Waals surface area (Å²) in [6.45, 7) is 5.85. The predicted molar refractivity (Wildman–Crippen MR) is 79.2 cm³/mol. The van der Waals surface area contributed by atoms with Crippen LogP contribution in [-0.2, 0) is 19.5 Å². The molecule has 19 heavy (non-hydrogen) atoms. The van der Waals surface area contributed by atoms with Crippen molar-refractivity contribution >= 4 is 26.0 Å². The van der Waals surface area contributed by atoms with E-state index in [2.05, 4.69) is 15.9 Å². The van der Waals surface area contributed by atoms with Crippen molar-refractivity contribution < 1.29 is 17.9 Å². The molecule has 5 nitrogen and oxygen atoms in total. The number of hydrogen-bond acceptors (Lipinski definition) is 4. The van der Waals surface area contributed by atoms with Crippen molar-refractivity contribution in [2.24, 2.45) is 0 Å². The number of hydrogen-bond donors (Lipinski definition) is 0. The zero-order valence-corrected chi connectivity index (χ0v) is 14.1. The predicted octanol–water partition coefficient (Wildman–Crippen LogP) is 1.62. The van der Waals surface area contributed by atoms with E-state index in [4.69, 9.17) is 9.47 Å². The maximum absolute atomic E-state index is 12.1. The number of alkyl halides is 1. The highest BCUT2D eigenvalue weighted by molar-refractivity contribution is 9.09. The molecule has 0 spiro atoms. The van der Waals surface area contributed by atoms with Crippen molar-refractivity contribution in [1.29, 1.82) is 0 Å². The van der Waals surface area contributed by atoms with Gasteiger partial charge in [0.25, 0.3) is 0 Å². The Morgan fingerprint density at radius 3 is 2.42 bits per heavy atom. The van der Waals surface area contributed by atoms with Crippen molar-refractivity contribution in [2.45, 2.75) is 38.9 Å². The molecule has 1 saturated heterocycles. The Morgan fingerprint density at radius 1 is 1.26 bits per heavy atom. The summed E-state index contributed by atoms with van der Waals surface area (Å²) in [5, 5.41) is 0.818. The first kappa shape index (κ1) is 17.4. The highest BCUT2D eigenvalue weighted by Gasteiger charge is 2.28. The van der Waals surface area contributed by atoms with Gasteiger partial charge in [0, 0.05) is 18.4 Å². The molecule has 1 rings (SSSR count). The van der Waals surface area contributed by atoms with Gasteiger partial charge in [-0.1, -0.05) is 15.9 Å².